The molecular weight excluding hydrogens is 278 g/mol. The van der Waals surface area contributed by atoms with Gasteiger partial charge in [-0.15, -0.1) is 0 Å². The number of rotatable bonds is 3. The summed E-state index contributed by atoms with van der Waals surface area (Å²) in [5.74, 6) is 1.12. The first-order valence-electron chi connectivity index (χ1n) is 6.78. The number of nitrogens with two attached hydrogens (primary N) is 1. The highest BCUT2D eigenvalue weighted by Gasteiger charge is 2.10. The molecular formula is C17H15N3O2. The molecule has 3 aromatic rings. The van der Waals surface area contributed by atoms with Crippen molar-refractivity contribution in [3.05, 3.63) is 65.0 Å². The van der Waals surface area contributed by atoms with Gasteiger partial charge in [0.2, 0.25) is 0 Å². The molecule has 0 atom stereocenters. The molecule has 3 rings (SSSR count). The second-order valence-electron chi connectivity index (χ2n) is 4.80. The predicted molar refractivity (Wildman–Crippen MR) is 86.7 cm³/mol. The summed E-state index contributed by atoms with van der Waals surface area (Å²) in [5, 5.41) is 0. The van der Waals surface area contributed by atoms with Crippen LogP contribution in [0.4, 0.5) is 5.69 Å². The lowest BCUT2D eigenvalue weighted by Gasteiger charge is -2.09. The fourth-order valence-electron chi connectivity index (χ4n) is 2.23. The third-order valence-corrected chi connectivity index (χ3v) is 3.31. The van der Waals surface area contributed by atoms with Crippen molar-refractivity contribution >= 4 is 5.69 Å². The van der Waals surface area contributed by atoms with Crippen LogP contribution < -0.4 is 16.0 Å². The van der Waals surface area contributed by atoms with Crippen LogP contribution in [0.1, 0.15) is 0 Å². The Labute approximate surface area is 127 Å². The van der Waals surface area contributed by atoms with Crippen molar-refractivity contribution in [3.63, 3.8) is 0 Å². The smallest absolute Gasteiger partial charge is 0.251 e. The van der Waals surface area contributed by atoms with Crippen molar-refractivity contribution in [3.8, 4) is 28.4 Å². The Morgan fingerprint density at radius 2 is 1.82 bits per heavy atom. The average molecular weight is 293 g/mol. The summed E-state index contributed by atoms with van der Waals surface area (Å²) < 4.78 is 5.32. The quantitative estimate of drug-likeness (QED) is 0.727. The largest absolute Gasteiger partial charge is 0.496 e. The summed E-state index contributed by atoms with van der Waals surface area (Å²) in [6, 6.07) is 16.1. The molecule has 5 nitrogen and oxygen atoms in total. The van der Waals surface area contributed by atoms with Gasteiger partial charge in [0.1, 0.15) is 11.6 Å². The van der Waals surface area contributed by atoms with Crippen molar-refractivity contribution in [2.24, 2.45) is 0 Å². The second kappa shape index (κ2) is 5.73. The van der Waals surface area contributed by atoms with E-state index in [0.29, 0.717) is 23.0 Å². The third-order valence-electron chi connectivity index (χ3n) is 3.31. The summed E-state index contributed by atoms with van der Waals surface area (Å²) in [6.45, 7) is 0. The highest BCUT2D eigenvalue weighted by atomic mass is 16.5. The molecule has 22 heavy (non-hydrogen) atoms. The van der Waals surface area contributed by atoms with E-state index in [1.807, 2.05) is 36.4 Å². The molecule has 1 heterocycles. The van der Waals surface area contributed by atoms with Gasteiger partial charge < -0.3 is 15.5 Å². The zero-order valence-corrected chi connectivity index (χ0v) is 12.0. The van der Waals surface area contributed by atoms with E-state index >= 15 is 0 Å². The summed E-state index contributed by atoms with van der Waals surface area (Å²) >= 11 is 0. The molecule has 0 aliphatic heterocycles. The number of nitrogens with one attached hydrogen (secondary N) is 1. The zero-order valence-electron chi connectivity index (χ0n) is 12.0. The maximum Gasteiger partial charge on any atom is 0.251 e. The standard InChI is InChI=1S/C17H15N3O2/c1-22-15-5-3-2-4-13(15)17-19-14(10-16(21)20-17)11-6-8-12(18)9-7-11/h2-10H,18H2,1H3,(H,19,20,21). The van der Waals surface area contributed by atoms with Gasteiger partial charge in [0.15, 0.2) is 0 Å². The Hall–Kier alpha value is -3.08. The number of ether oxygens (including phenoxy) is 1. The van der Waals surface area contributed by atoms with E-state index in [-0.39, 0.29) is 5.56 Å². The van der Waals surface area contributed by atoms with Gasteiger partial charge >= 0.3 is 0 Å². The molecule has 0 aliphatic rings. The molecule has 1 aromatic heterocycles. The molecule has 5 heteroatoms. The highest BCUT2D eigenvalue weighted by Crippen LogP contribution is 2.27. The Balaban J connectivity index is 2.14. The summed E-state index contributed by atoms with van der Waals surface area (Å²) in [4.78, 5) is 19.2. The molecule has 2 aromatic carbocycles. The van der Waals surface area contributed by atoms with Gasteiger partial charge in [-0.05, 0) is 24.3 Å². The van der Waals surface area contributed by atoms with E-state index < -0.39 is 0 Å². The van der Waals surface area contributed by atoms with E-state index in [4.69, 9.17) is 10.5 Å². The van der Waals surface area contributed by atoms with Crippen LogP contribution >= 0.6 is 0 Å². The van der Waals surface area contributed by atoms with Crippen molar-refractivity contribution in [2.75, 3.05) is 12.8 Å². The van der Waals surface area contributed by atoms with E-state index in [9.17, 15) is 4.79 Å². The van der Waals surface area contributed by atoms with Crippen LogP contribution in [0.2, 0.25) is 0 Å². The number of aromatic nitrogens is 2. The first-order chi connectivity index (χ1) is 10.7. The van der Waals surface area contributed by atoms with E-state index in [1.165, 1.54) is 6.07 Å². The fourth-order valence-corrected chi connectivity index (χ4v) is 2.23. The van der Waals surface area contributed by atoms with Crippen LogP contribution in [0.3, 0.4) is 0 Å². The SMILES string of the molecule is COc1ccccc1-c1nc(-c2ccc(N)cc2)cc(=O)[nH]1. The number of anilines is 1. The van der Waals surface area contributed by atoms with Crippen molar-refractivity contribution in [1.29, 1.82) is 0 Å². The van der Waals surface area contributed by atoms with Gasteiger partial charge in [0, 0.05) is 17.3 Å². The number of benzene rings is 2. The van der Waals surface area contributed by atoms with Crippen LogP contribution in [0.25, 0.3) is 22.6 Å². The minimum absolute atomic E-state index is 0.220. The predicted octanol–water partition coefficient (Wildman–Crippen LogP) is 2.69. The molecule has 0 aliphatic carbocycles. The summed E-state index contributed by atoms with van der Waals surface area (Å²) in [5.41, 5.74) is 8.29. The van der Waals surface area contributed by atoms with Crippen LogP contribution in [0.5, 0.6) is 5.75 Å². The molecule has 0 saturated carbocycles. The lowest BCUT2D eigenvalue weighted by Crippen LogP contribution is -2.09. The minimum atomic E-state index is -0.220. The normalized spacial score (nSPS) is 10.4. The van der Waals surface area contributed by atoms with Crippen LogP contribution in [-0.2, 0) is 0 Å². The highest BCUT2D eigenvalue weighted by molar-refractivity contribution is 5.68. The lowest BCUT2D eigenvalue weighted by atomic mass is 10.1. The van der Waals surface area contributed by atoms with Gasteiger partial charge in [-0.1, -0.05) is 24.3 Å². The van der Waals surface area contributed by atoms with Crippen LogP contribution in [-0.4, -0.2) is 17.1 Å². The molecule has 110 valence electrons. The third kappa shape index (κ3) is 2.69. The number of methoxy groups -OCH3 is 1. The zero-order chi connectivity index (χ0) is 15.5. The number of nitrogen functional groups attached to an aromatic ring is 1. The minimum Gasteiger partial charge on any atom is -0.496 e. The number of H-pyrrole nitrogens is 1. The number of hydrogen-bond acceptors (Lipinski definition) is 4. The Bertz CT molecular complexity index is 854. The first-order valence-corrected chi connectivity index (χ1v) is 6.78. The number of nitrogens with zero attached hydrogens (tertiary/aromatic N) is 1. The number of hydrogen-bond donors (Lipinski definition) is 2. The molecule has 0 unspecified atom stereocenters. The first kappa shape index (κ1) is 13.9. The van der Waals surface area contributed by atoms with Crippen molar-refractivity contribution < 1.29 is 4.74 Å². The molecule has 0 amide bonds. The number of aromatic amines is 1. The summed E-state index contributed by atoms with van der Waals surface area (Å²) in [6.07, 6.45) is 0. The molecule has 0 radical (unpaired) electrons. The van der Waals surface area contributed by atoms with Crippen LogP contribution in [0.15, 0.2) is 59.4 Å². The maximum atomic E-state index is 12.0. The van der Waals surface area contributed by atoms with Gasteiger partial charge in [-0.25, -0.2) is 4.98 Å². The molecule has 0 spiro atoms. The van der Waals surface area contributed by atoms with Gasteiger partial charge in [0.05, 0.1) is 18.4 Å². The van der Waals surface area contributed by atoms with E-state index in [2.05, 4.69) is 9.97 Å². The molecule has 0 saturated heterocycles. The van der Waals surface area contributed by atoms with Crippen molar-refractivity contribution in [1.82, 2.24) is 9.97 Å². The lowest BCUT2D eigenvalue weighted by molar-refractivity contribution is 0.416. The van der Waals surface area contributed by atoms with Crippen molar-refractivity contribution in [2.45, 2.75) is 0 Å². The second-order valence-corrected chi connectivity index (χ2v) is 4.80. The fraction of sp³-hybridized carbons (Fsp3) is 0.0588. The van der Waals surface area contributed by atoms with Crippen LogP contribution in [0, 0.1) is 0 Å². The van der Waals surface area contributed by atoms with E-state index in [0.717, 1.165) is 11.1 Å². The average Bonchev–Trinajstić information content (AvgIpc) is 2.55. The Kier molecular flexibility index (Phi) is 3.62. The van der Waals surface area contributed by atoms with Gasteiger partial charge in [-0.3, -0.25) is 4.79 Å². The number of para-hydroxylation sites is 1. The van der Waals surface area contributed by atoms with Gasteiger partial charge in [0.25, 0.3) is 5.56 Å². The molecule has 0 bridgehead atoms. The summed E-state index contributed by atoms with van der Waals surface area (Å²) in [7, 11) is 1.58. The Morgan fingerprint density at radius 3 is 2.55 bits per heavy atom. The Morgan fingerprint density at radius 1 is 1.09 bits per heavy atom. The monoisotopic (exact) mass is 293 g/mol. The molecule has 0 fully saturated rings. The molecule has 3 N–H and O–H groups in total. The maximum absolute atomic E-state index is 12.0. The van der Waals surface area contributed by atoms with E-state index in [1.54, 1.807) is 19.2 Å². The topological polar surface area (TPSA) is 81.0 Å². The van der Waals surface area contributed by atoms with Gasteiger partial charge in [-0.2, -0.15) is 0 Å².